The Balaban J connectivity index is 2.23. The predicted molar refractivity (Wildman–Crippen MR) is 178 cm³/mol. The van der Waals surface area contributed by atoms with Gasteiger partial charge in [-0.15, -0.1) is 0 Å². The van der Waals surface area contributed by atoms with Gasteiger partial charge in [-0.3, -0.25) is 24.5 Å². The van der Waals surface area contributed by atoms with Crippen LogP contribution in [0, 0.1) is 27.5 Å². The summed E-state index contributed by atoms with van der Waals surface area (Å²) < 4.78 is 49.8. The molecule has 0 aliphatic carbocycles. The SMILES string of the molecule is CC(C)(C)C(=O)OC[C@H]1O[C@@H](N[C@H](c2ccc(F)cc2)[C@@H]2C=CC(=O)O2)[C@H](OC(=O)C(C)(C)C)[C@@H](OC(=O)C(C)(C)C)[C@H]1OC(=O)C(C)(C)C. The average Bonchev–Trinajstić information content (AvgIpc) is 3.41. The van der Waals surface area contributed by atoms with Crippen molar-refractivity contribution in [3.8, 4) is 0 Å². The van der Waals surface area contributed by atoms with Gasteiger partial charge in [-0.25, -0.2) is 9.18 Å². The Morgan fingerprint density at radius 3 is 1.62 bits per heavy atom. The summed E-state index contributed by atoms with van der Waals surface area (Å²) in [6.07, 6.45) is -5.16. The molecule has 0 unspecified atom stereocenters. The van der Waals surface area contributed by atoms with Crippen LogP contribution in [0.2, 0.25) is 0 Å². The third-order valence-corrected chi connectivity index (χ3v) is 7.77. The van der Waals surface area contributed by atoms with E-state index in [1.54, 1.807) is 83.1 Å². The molecule has 1 aromatic carbocycles. The summed E-state index contributed by atoms with van der Waals surface area (Å²) in [6.45, 7) is 19.2. The zero-order chi connectivity index (χ0) is 38.0. The molecule has 0 aromatic heterocycles. The van der Waals surface area contributed by atoms with E-state index in [2.05, 4.69) is 5.32 Å². The van der Waals surface area contributed by atoms with Gasteiger partial charge in [0.15, 0.2) is 24.5 Å². The smallest absolute Gasteiger partial charge is 0.331 e. The molecular weight excluding hydrogens is 653 g/mol. The third-order valence-electron chi connectivity index (χ3n) is 7.77. The lowest BCUT2D eigenvalue weighted by atomic mass is 9.92. The van der Waals surface area contributed by atoms with E-state index in [0.717, 1.165) is 0 Å². The van der Waals surface area contributed by atoms with Crippen molar-refractivity contribution in [3.63, 3.8) is 0 Å². The Hall–Kier alpha value is -3.84. The van der Waals surface area contributed by atoms with E-state index in [9.17, 15) is 28.4 Å². The van der Waals surface area contributed by atoms with E-state index >= 15 is 0 Å². The van der Waals surface area contributed by atoms with Crippen LogP contribution in [0.15, 0.2) is 36.4 Å². The fourth-order valence-electron chi connectivity index (χ4n) is 4.66. The summed E-state index contributed by atoms with van der Waals surface area (Å²) in [5, 5.41) is 3.23. The minimum atomic E-state index is -1.49. The first-order chi connectivity index (χ1) is 22.8. The monoisotopic (exact) mass is 705 g/mol. The number of carbonyl (C=O) groups is 5. The highest BCUT2D eigenvalue weighted by molar-refractivity contribution is 5.84. The highest BCUT2D eigenvalue weighted by Gasteiger charge is 2.55. The Kier molecular flexibility index (Phi) is 12.3. The number of nitrogens with one attached hydrogen (secondary N) is 1. The highest BCUT2D eigenvalue weighted by atomic mass is 19.1. The summed E-state index contributed by atoms with van der Waals surface area (Å²) >= 11 is 0. The van der Waals surface area contributed by atoms with E-state index < -0.39 is 107 Å². The van der Waals surface area contributed by atoms with Gasteiger partial charge in [0.25, 0.3) is 0 Å². The lowest BCUT2D eigenvalue weighted by molar-refractivity contribution is -0.266. The van der Waals surface area contributed by atoms with E-state index in [1.807, 2.05) is 0 Å². The van der Waals surface area contributed by atoms with E-state index in [4.69, 9.17) is 28.4 Å². The zero-order valence-corrected chi connectivity index (χ0v) is 31.1. The molecule has 1 aromatic rings. The van der Waals surface area contributed by atoms with Crippen LogP contribution in [-0.4, -0.2) is 73.2 Å². The topological polar surface area (TPSA) is 153 Å². The van der Waals surface area contributed by atoms with E-state index in [-0.39, 0.29) is 0 Å². The Morgan fingerprint density at radius 1 is 0.720 bits per heavy atom. The van der Waals surface area contributed by atoms with Gasteiger partial charge < -0.3 is 28.4 Å². The molecule has 1 fully saturated rings. The van der Waals surface area contributed by atoms with Gasteiger partial charge in [0.05, 0.1) is 27.7 Å². The fraction of sp³-hybridized carbons (Fsp3) is 0.649. The van der Waals surface area contributed by atoms with Gasteiger partial charge in [-0.05, 0) is 107 Å². The summed E-state index contributed by atoms with van der Waals surface area (Å²) in [5.74, 6) is -3.78. The maximum atomic E-state index is 14.0. The molecule has 0 spiro atoms. The molecule has 3 rings (SSSR count). The van der Waals surface area contributed by atoms with E-state index in [0.29, 0.717) is 5.56 Å². The number of ether oxygens (including phenoxy) is 6. The van der Waals surface area contributed by atoms with Crippen molar-refractivity contribution in [1.82, 2.24) is 5.32 Å². The average molecular weight is 706 g/mol. The summed E-state index contributed by atoms with van der Waals surface area (Å²) in [4.78, 5) is 65.7. The molecule has 0 amide bonds. The number of rotatable bonds is 9. The predicted octanol–water partition coefficient (Wildman–Crippen LogP) is 5.13. The molecule has 12 nitrogen and oxygen atoms in total. The number of cyclic esters (lactones) is 1. The Bertz CT molecular complexity index is 1440. The highest BCUT2D eigenvalue weighted by Crippen LogP contribution is 2.35. The van der Waals surface area contributed by atoms with Crippen LogP contribution in [0.3, 0.4) is 0 Å². The molecule has 0 saturated carbocycles. The van der Waals surface area contributed by atoms with Crippen LogP contribution in [-0.2, 0) is 52.4 Å². The van der Waals surface area contributed by atoms with Crippen LogP contribution in [0.5, 0.6) is 0 Å². The molecule has 278 valence electrons. The number of hydrogen-bond donors (Lipinski definition) is 1. The third kappa shape index (κ3) is 10.6. The van der Waals surface area contributed by atoms with Crippen molar-refractivity contribution in [2.24, 2.45) is 21.7 Å². The molecular formula is C37H52FNO11. The summed E-state index contributed by atoms with van der Waals surface area (Å²) in [6, 6.07) is 4.52. The molecule has 2 heterocycles. The molecule has 1 saturated heterocycles. The number of carbonyl (C=O) groups excluding carboxylic acids is 5. The van der Waals surface area contributed by atoms with Crippen molar-refractivity contribution >= 4 is 29.8 Å². The van der Waals surface area contributed by atoms with Crippen LogP contribution < -0.4 is 5.32 Å². The normalized spacial score (nSPS) is 24.9. The van der Waals surface area contributed by atoms with Crippen LogP contribution in [0.1, 0.15) is 94.7 Å². The number of benzene rings is 1. The van der Waals surface area contributed by atoms with Gasteiger partial charge in [0.1, 0.15) is 24.6 Å². The van der Waals surface area contributed by atoms with Crippen LogP contribution in [0.4, 0.5) is 4.39 Å². The van der Waals surface area contributed by atoms with Gasteiger partial charge >= 0.3 is 29.8 Å². The molecule has 2 aliphatic rings. The minimum Gasteiger partial charge on any atom is -0.462 e. The maximum absolute atomic E-state index is 14.0. The first-order valence-electron chi connectivity index (χ1n) is 16.7. The first-order valence-corrected chi connectivity index (χ1v) is 16.7. The van der Waals surface area contributed by atoms with Crippen molar-refractivity contribution in [1.29, 1.82) is 0 Å². The number of halogens is 1. The van der Waals surface area contributed by atoms with Crippen LogP contribution in [0.25, 0.3) is 0 Å². The second-order valence-corrected chi connectivity index (χ2v) is 16.8. The second kappa shape index (κ2) is 15.2. The number of hydrogen-bond acceptors (Lipinski definition) is 12. The maximum Gasteiger partial charge on any atom is 0.331 e. The van der Waals surface area contributed by atoms with Crippen molar-refractivity contribution < 1.29 is 56.8 Å². The largest absolute Gasteiger partial charge is 0.462 e. The minimum absolute atomic E-state index is 0.445. The number of esters is 5. The second-order valence-electron chi connectivity index (χ2n) is 16.8. The molecule has 7 atom stereocenters. The first kappa shape index (κ1) is 40.6. The Morgan fingerprint density at radius 2 is 1.18 bits per heavy atom. The molecule has 13 heteroatoms. The van der Waals surface area contributed by atoms with Gasteiger partial charge in [-0.2, -0.15) is 0 Å². The molecule has 0 radical (unpaired) electrons. The van der Waals surface area contributed by atoms with Crippen molar-refractivity contribution in [3.05, 3.63) is 47.8 Å². The molecule has 1 N–H and O–H groups in total. The zero-order valence-electron chi connectivity index (χ0n) is 31.1. The fourth-order valence-corrected chi connectivity index (χ4v) is 4.66. The van der Waals surface area contributed by atoms with Crippen molar-refractivity contribution in [2.45, 2.75) is 126 Å². The lowest BCUT2D eigenvalue weighted by Crippen LogP contribution is -2.67. The summed E-state index contributed by atoms with van der Waals surface area (Å²) in [5.41, 5.74) is -3.55. The van der Waals surface area contributed by atoms with Gasteiger partial charge in [-0.1, -0.05) is 12.1 Å². The quantitative estimate of drug-likeness (QED) is 0.268. The Labute approximate surface area is 293 Å². The summed E-state index contributed by atoms with van der Waals surface area (Å²) in [7, 11) is 0. The van der Waals surface area contributed by atoms with Gasteiger partial charge in [0.2, 0.25) is 0 Å². The lowest BCUT2D eigenvalue weighted by Gasteiger charge is -2.47. The van der Waals surface area contributed by atoms with Gasteiger partial charge in [0, 0.05) is 6.08 Å². The van der Waals surface area contributed by atoms with Crippen LogP contribution >= 0.6 is 0 Å². The molecule has 0 bridgehead atoms. The molecule has 50 heavy (non-hydrogen) atoms. The van der Waals surface area contributed by atoms with Crippen molar-refractivity contribution in [2.75, 3.05) is 6.61 Å². The van der Waals surface area contributed by atoms with E-state index in [1.165, 1.54) is 36.4 Å². The standard InChI is InChI=1S/C37H52FNO11/c1-34(2,3)30(41)45-19-23-26(48-31(42)35(4,5)6)27(49-32(43)36(7,8)9)28(50-33(44)37(10,11)12)29(47-23)39-25(22-17-18-24(40)46-22)20-13-15-21(38)16-14-20/h13-18,22-23,25-29,39H,19H2,1-12H3/t22-,23+,25+,26-,27-,28+,29+/m0/s1. The molecule has 2 aliphatic heterocycles.